The molecule has 0 bridgehead atoms. The second-order valence-electron chi connectivity index (χ2n) is 3.72. The molecule has 2 aromatic rings. The van der Waals surface area contributed by atoms with E-state index in [0.717, 1.165) is 22.6 Å². The van der Waals surface area contributed by atoms with Gasteiger partial charge in [-0.25, -0.2) is 0 Å². The largest absolute Gasteiger partial charge is 0.497 e. The Labute approximate surface area is 107 Å². The molecule has 0 saturated carbocycles. The van der Waals surface area contributed by atoms with Crippen LogP contribution in [0.15, 0.2) is 42.7 Å². The van der Waals surface area contributed by atoms with Gasteiger partial charge in [0.05, 0.1) is 14.2 Å². The summed E-state index contributed by atoms with van der Waals surface area (Å²) in [5.41, 5.74) is 2.07. The summed E-state index contributed by atoms with van der Waals surface area (Å²) in [6.45, 7) is 0. The van der Waals surface area contributed by atoms with Gasteiger partial charge >= 0.3 is 0 Å². The van der Waals surface area contributed by atoms with Gasteiger partial charge in [-0.05, 0) is 35.9 Å². The van der Waals surface area contributed by atoms with E-state index in [2.05, 4.69) is 4.98 Å². The zero-order chi connectivity index (χ0) is 12.8. The van der Waals surface area contributed by atoms with E-state index in [0.29, 0.717) is 0 Å². The molecular weight excluding hydrogens is 226 g/mol. The van der Waals surface area contributed by atoms with Crippen molar-refractivity contribution >= 4 is 12.2 Å². The van der Waals surface area contributed by atoms with Gasteiger partial charge in [-0.2, -0.15) is 0 Å². The third kappa shape index (κ3) is 2.88. The summed E-state index contributed by atoms with van der Waals surface area (Å²) in [7, 11) is 3.31. The third-order valence-corrected chi connectivity index (χ3v) is 2.60. The van der Waals surface area contributed by atoms with E-state index in [1.807, 2.05) is 42.5 Å². The molecule has 1 heterocycles. The quantitative estimate of drug-likeness (QED) is 0.823. The molecule has 0 aliphatic carbocycles. The van der Waals surface area contributed by atoms with Crippen LogP contribution in [0, 0.1) is 0 Å². The maximum atomic E-state index is 5.31. The minimum Gasteiger partial charge on any atom is -0.497 e. The van der Waals surface area contributed by atoms with Crippen molar-refractivity contribution in [3.8, 4) is 11.5 Å². The number of benzene rings is 1. The van der Waals surface area contributed by atoms with Gasteiger partial charge in [0.15, 0.2) is 0 Å². The maximum Gasteiger partial charge on any atom is 0.126 e. The Kier molecular flexibility index (Phi) is 3.97. The number of methoxy groups -OCH3 is 2. The molecule has 0 radical (unpaired) electrons. The molecule has 2 rings (SSSR count). The third-order valence-electron chi connectivity index (χ3n) is 2.60. The first-order valence-electron chi connectivity index (χ1n) is 5.63. The van der Waals surface area contributed by atoms with Gasteiger partial charge in [0.25, 0.3) is 0 Å². The van der Waals surface area contributed by atoms with Crippen LogP contribution in [0.4, 0.5) is 0 Å². The lowest BCUT2D eigenvalue weighted by molar-refractivity contribution is 0.402. The average Bonchev–Trinajstić information content (AvgIpc) is 2.45. The molecule has 3 nitrogen and oxygen atoms in total. The van der Waals surface area contributed by atoms with E-state index in [-0.39, 0.29) is 0 Å². The second-order valence-corrected chi connectivity index (χ2v) is 3.72. The number of rotatable bonds is 4. The van der Waals surface area contributed by atoms with Crippen LogP contribution in [0.2, 0.25) is 0 Å². The molecule has 0 aliphatic heterocycles. The second kappa shape index (κ2) is 5.87. The number of ether oxygens (including phenoxy) is 2. The predicted octanol–water partition coefficient (Wildman–Crippen LogP) is 3.27. The van der Waals surface area contributed by atoms with Crippen molar-refractivity contribution in [1.29, 1.82) is 0 Å². The van der Waals surface area contributed by atoms with Gasteiger partial charge in [-0.15, -0.1) is 0 Å². The standard InChI is InChI=1S/C15H15NO2/c1-17-14-5-6-15(18-2)13(11-14)4-3-12-7-9-16-10-8-12/h3-11H,1-2H3/b4-3+. The van der Waals surface area contributed by atoms with E-state index >= 15 is 0 Å². The molecule has 0 atom stereocenters. The van der Waals surface area contributed by atoms with Gasteiger partial charge in [-0.3, -0.25) is 4.98 Å². The van der Waals surface area contributed by atoms with E-state index in [4.69, 9.17) is 9.47 Å². The summed E-state index contributed by atoms with van der Waals surface area (Å²) in [4.78, 5) is 3.98. The molecule has 0 saturated heterocycles. The van der Waals surface area contributed by atoms with E-state index in [1.165, 1.54) is 0 Å². The molecular formula is C15H15NO2. The first-order valence-corrected chi connectivity index (χ1v) is 5.63. The van der Waals surface area contributed by atoms with Gasteiger partial charge in [0, 0.05) is 18.0 Å². The molecule has 0 fully saturated rings. The van der Waals surface area contributed by atoms with Crippen LogP contribution in [0.1, 0.15) is 11.1 Å². The normalized spacial score (nSPS) is 10.6. The molecule has 0 spiro atoms. The summed E-state index contributed by atoms with van der Waals surface area (Å²) in [6, 6.07) is 9.61. The molecule has 18 heavy (non-hydrogen) atoms. The summed E-state index contributed by atoms with van der Waals surface area (Å²) in [5, 5.41) is 0. The van der Waals surface area contributed by atoms with Gasteiger partial charge in [0.1, 0.15) is 11.5 Å². The summed E-state index contributed by atoms with van der Waals surface area (Å²) < 4.78 is 10.5. The lowest BCUT2D eigenvalue weighted by atomic mass is 10.1. The Bertz CT molecular complexity index is 535. The first kappa shape index (κ1) is 12.2. The van der Waals surface area contributed by atoms with Gasteiger partial charge in [0.2, 0.25) is 0 Å². The van der Waals surface area contributed by atoms with Crippen LogP contribution in [-0.2, 0) is 0 Å². The van der Waals surface area contributed by atoms with Crippen molar-refractivity contribution in [3.63, 3.8) is 0 Å². The minimum atomic E-state index is 0.810. The lowest BCUT2D eigenvalue weighted by Gasteiger charge is -2.07. The zero-order valence-electron chi connectivity index (χ0n) is 10.5. The lowest BCUT2D eigenvalue weighted by Crippen LogP contribution is -1.89. The van der Waals surface area contributed by atoms with Gasteiger partial charge < -0.3 is 9.47 Å². The molecule has 0 aliphatic rings. The number of hydrogen-bond donors (Lipinski definition) is 0. The van der Waals surface area contributed by atoms with E-state index < -0.39 is 0 Å². The summed E-state index contributed by atoms with van der Waals surface area (Å²) in [5.74, 6) is 1.63. The summed E-state index contributed by atoms with van der Waals surface area (Å²) >= 11 is 0. The van der Waals surface area contributed by atoms with Crippen LogP contribution in [0.25, 0.3) is 12.2 Å². The highest BCUT2D eigenvalue weighted by Gasteiger charge is 2.01. The molecule has 0 unspecified atom stereocenters. The molecule has 0 N–H and O–H groups in total. The number of aromatic nitrogens is 1. The topological polar surface area (TPSA) is 31.4 Å². The van der Waals surface area contributed by atoms with Crippen LogP contribution in [0.5, 0.6) is 11.5 Å². The first-order chi connectivity index (χ1) is 8.83. The Morgan fingerprint density at radius 1 is 0.944 bits per heavy atom. The van der Waals surface area contributed by atoms with Crippen LogP contribution in [-0.4, -0.2) is 19.2 Å². The SMILES string of the molecule is COc1ccc(OC)c(/C=C/c2ccncc2)c1. The zero-order valence-corrected chi connectivity index (χ0v) is 10.5. The molecule has 92 valence electrons. The predicted molar refractivity (Wildman–Crippen MR) is 72.7 cm³/mol. The molecule has 0 amide bonds. The number of hydrogen-bond acceptors (Lipinski definition) is 3. The van der Waals surface area contributed by atoms with Crippen molar-refractivity contribution < 1.29 is 9.47 Å². The maximum absolute atomic E-state index is 5.31. The highest BCUT2D eigenvalue weighted by molar-refractivity contribution is 5.73. The fourth-order valence-corrected chi connectivity index (χ4v) is 1.63. The van der Waals surface area contributed by atoms with Crippen molar-refractivity contribution in [3.05, 3.63) is 53.9 Å². The van der Waals surface area contributed by atoms with E-state index in [9.17, 15) is 0 Å². The Morgan fingerprint density at radius 3 is 2.39 bits per heavy atom. The van der Waals surface area contributed by atoms with Crippen molar-refractivity contribution in [2.24, 2.45) is 0 Å². The smallest absolute Gasteiger partial charge is 0.126 e. The monoisotopic (exact) mass is 241 g/mol. The van der Waals surface area contributed by atoms with Crippen molar-refractivity contribution in [2.75, 3.05) is 14.2 Å². The highest BCUT2D eigenvalue weighted by Crippen LogP contribution is 2.25. The minimum absolute atomic E-state index is 0.810. The molecule has 1 aromatic carbocycles. The van der Waals surface area contributed by atoms with Crippen LogP contribution in [0.3, 0.4) is 0 Å². The number of nitrogens with zero attached hydrogens (tertiary/aromatic N) is 1. The van der Waals surface area contributed by atoms with E-state index in [1.54, 1.807) is 26.6 Å². The van der Waals surface area contributed by atoms with Crippen molar-refractivity contribution in [2.45, 2.75) is 0 Å². The number of pyridine rings is 1. The van der Waals surface area contributed by atoms with Crippen LogP contribution >= 0.6 is 0 Å². The van der Waals surface area contributed by atoms with Crippen molar-refractivity contribution in [1.82, 2.24) is 4.98 Å². The fraction of sp³-hybridized carbons (Fsp3) is 0.133. The Morgan fingerprint density at radius 2 is 1.72 bits per heavy atom. The fourth-order valence-electron chi connectivity index (χ4n) is 1.63. The molecule has 3 heteroatoms. The summed E-state index contributed by atoms with van der Waals surface area (Å²) in [6.07, 6.45) is 7.54. The average molecular weight is 241 g/mol. The Balaban J connectivity index is 2.30. The Hall–Kier alpha value is -2.29. The van der Waals surface area contributed by atoms with Gasteiger partial charge in [-0.1, -0.05) is 12.2 Å². The van der Waals surface area contributed by atoms with Crippen LogP contribution < -0.4 is 9.47 Å². The molecule has 1 aromatic heterocycles. The highest BCUT2D eigenvalue weighted by atomic mass is 16.5.